The van der Waals surface area contributed by atoms with Crippen LogP contribution in [0.5, 0.6) is 5.75 Å². The molecule has 114 valence electrons. The van der Waals surface area contributed by atoms with Gasteiger partial charge in [-0.15, -0.1) is 0 Å². The first-order valence-corrected chi connectivity index (χ1v) is 7.27. The van der Waals surface area contributed by atoms with Crippen molar-refractivity contribution in [2.75, 3.05) is 17.7 Å². The van der Waals surface area contributed by atoms with E-state index in [-0.39, 0.29) is 5.91 Å². The van der Waals surface area contributed by atoms with Crippen LogP contribution < -0.4 is 15.4 Å². The Bertz CT molecular complexity index is 704. The van der Waals surface area contributed by atoms with Gasteiger partial charge in [0.15, 0.2) is 0 Å². The van der Waals surface area contributed by atoms with Crippen LogP contribution in [-0.4, -0.2) is 29.0 Å². The maximum absolute atomic E-state index is 12.2. The molecule has 2 N–H and O–H groups in total. The summed E-state index contributed by atoms with van der Waals surface area (Å²) in [6.07, 6.45) is 3.65. The van der Waals surface area contributed by atoms with Crippen LogP contribution in [0.15, 0.2) is 30.6 Å². The molecule has 6 nitrogen and oxygen atoms in total. The van der Waals surface area contributed by atoms with Gasteiger partial charge >= 0.3 is 0 Å². The monoisotopic (exact) mass is 318 g/mol. The van der Waals surface area contributed by atoms with Crippen molar-refractivity contribution in [3.63, 3.8) is 0 Å². The highest BCUT2D eigenvalue weighted by Crippen LogP contribution is 2.27. The highest BCUT2D eigenvalue weighted by atomic mass is 35.5. The third kappa shape index (κ3) is 3.46. The van der Waals surface area contributed by atoms with Crippen LogP contribution in [0.4, 0.5) is 11.5 Å². The van der Waals surface area contributed by atoms with Gasteiger partial charge in [0.05, 0.1) is 12.1 Å². The summed E-state index contributed by atoms with van der Waals surface area (Å²) in [6, 6.07) is 7.14. The number of methoxy groups -OCH3 is 1. The average molecular weight is 319 g/mol. The lowest BCUT2D eigenvalue weighted by molar-refractivity contribution is 0.102. The molecular weight excluding hydrogens is 304 g/mol. The fourth-order valence-corrected chi connectivity index (χ4v) is 2.19. The summed E-state index contributed by atoms with van der Waals surface area (Å²) in [7, 11) is 1.54. The third-order valence-electron chi connectivity index (χ3n) is 3.24. The van der Waals surface area contributed by atoms with Gasteiger partial charge in [-0.2, -0.15) is 0 Å². The summed E-state index contributed by atoms with van der Waals surface area (Å²) in [6.45, 7) is 0. The number of halogens is 1. The first-order chi connectivity index (χ1) is 10.7. The van der Waals surface area contributed by atoms with Gasteiger partial charge in [0.2, 0.25) is 0 Å². The van der Waals surface area contributed by atoms with Crippen molar-refractivity contribution < 1.29 is 9.53 Å². The molecule has 0 spiro atoms. The molecule has 1 aromatic heterocycles. The van der Waals surface area contributed by atoms with Gasteiger partial charge in [-0.1, -0.05) is 11.6 Å². The number of ether oxygens (including phenoxy) is 1. The smallest absolute Gasteiger partial charge is 0.274 e. The van der Waals surface area contributed by atoms with Crippen molar-refractivity contribution in [2.45, 2.75) is 18.9 Å². The van der Waals surface area contributed by atoms with Crippen LogP contribution in [0.3, 0.4) is 0 Å². The van der Waals surface area contributed by atoms with Crippen molar-refractivity contribution >= 4 is 29.0 Å². The number of nitrogens with zero attached hydrogens (tertiary/aromatic N) is 2. The molecule has 0 bridgehead atoms. The SMILES string of the molecule is COc1ccc(NC(=O)c2cc(NC3CC3)ncn2)cc1Cl. The summed E-state index contributed by atoms with van der Waals surface area (Å²) in [5.74, 6) is 0.899. The second-order valence-electron chi connectivity index (χ2n) is 5.01. The largest absolute Gasteiger partial charge is 0.495 e. The number of amides is 1. The minimum absolute atomic E-state index is 0.296. The summed E-state index contributed by atoms with van der Waals surface area (Å²) in [5.41, 5.74) is 0.871. The molecule has 1 aromatic carbocycles. The topological polar surface area (TPSA) is 76.1 Å². The lowest BCUT2D eigenvalue weighted by atomic mass is 10.3. The van der Waals surface area contributed by atoms with Crippen LogP contribution in [0.2, 0.25) is 5.02 Å². The number of hydrogen-bond donors (Lipinski definition) is 2. The minimum atomic E-state index is -0.317. The number of benzene rings is 1. The van der Waals surface area contributed by atoms with Gasteiger partial charge in [0.25, 0.3) is 5.91 Å². The van der Waals surface area contributed by atoms with Gasteiger partial charge in [-0.05, 0) is 31.0 Å². The number of anilines is 2. The van der Waals surface area contributed by atoms with Crippen molar-refractivity contribution in [3.8, 4) is 5.75 Å². The first kappa shape index (κ1) is 14.6. The molecule has 1 amide bonds. The van der Waals surface area contributed by atoms with Crippen molar-refractivity contribution in [1.29, 1.82) is 0 Å². The molecule has 3 rings (SSSR count). The van der Waals surface area contributed by atoms with E-state index in [0.717, 1.165) is 12.8 Å². The molecule has 22 heavy (non-hydrogen) atoms. The highest BCUT2D eigenvalue weighted by Gasteiger charge is 2.21. The standard InChI is InChI=1S/C15H15ClN4O2/c1-22-13-5-4-10(6-11(13)16)20-15(21)12-7-14(18-8-17-12)19-9-2-3-9/h4-9H,2-3H2,1H3,(H,20,21)(H,17,18,19). The van der Waals surface area contributed by atoms with E-state index in [9.17, 15) is 4.79 Å². The zero-order chi connectivity index (χ0) is 15.5. The molecular formula is C15H15ClN4O2. The summed E-state index contributed by atoms with van der Waals surface area (Å²) < 4.78 is 5.07. The molecule has 0 unspecified atom stereocenters. The molecule has 0 radical (unpaired) electrons. The zero-order valence-corrected chi connectivity index (χ0v) is 12.7. The lowest BCUT2D eigenvalue weighted by Crippen LogP contribution is -2.15. The lowest BCUT2D eigenvalue weighted by Gasteiger charge is -2.08. The van der Waals surface area contributed by atoms with Crippen molar-refractivity contribution in [2.24, 2.45) is 0 Å². The van der Waals surface area contributed by atoms with E-state index in [2.05, 4.69) is 20.6 Å². The Morgan fingerprint density at radius 3 is 2.82 bits per heavy atom. The highest BCUT2D eigenvalue weighted by molar-refractivity contribution is 6.32. The normalized spacial score (nSPS) is 13.5. The second kappa shape index (κ2) is 6.19. The van der Waals surface area contributed by atoms with E-state index in [4.69, 9.17) is 16.3 Å². The number of carbonyl (C=O) groups is 1. The molecule has 7 heteroatoms. The number of aromatic nitrogens is 2. The van der Waals surface area contributed by atoms with Crippen LogP contribution in [0.25, 0.3) is 0 Å². The Hall–Kier alpha value is -2.34. The number of carbonyl (C=O) groups excluding carboxylic acids is 1. The summed E-state index contributed by atoms with van der Waals surface area (Å²) in [4.78, 5) is 20.3. The van der Waals surface area contributed by atoms with E-state index in [1.807, 2.05) is 0 Å². The Morgan fingerprint density at radius 1 is 1.32 bits per heavy atom. The number of rotatable bonds is 5. The minimum Gasteiger partial charge on any atom is -0.495 e. The predicted octanol–water partition coefficient (Wildman–Crippen LogP) is 2.97. The molecule has 1 aliphatic rings. The second-order valence-corrected chi connectivity index (χ2v) is 5.42. The third-order valence-corrected chi connectivity index (χ3v) is 3.53. The van der Waals surface area contributed by atoms with Gasteiger partial charge < -0.3 is 15.4 Å². The number of hydrogen-bond acceptors (Lipinski definition) is 5. The fourth-order valence-electron chi connectivity index (χ4n) is 1.94. The van der Waals surface area contributed by atoms with Gasteiger partial charge in [-0.25, -0.2) is 9.97 Å². The van der Waals surface area contributed by atoms with Crippen LogP contribution in [-0.2, 0) is 0 Å². The molecule has 0 atom stereocenters. The van der Waals surface area contributed by atoms with Crippen molar-refractivity contribution in [1.82, 2.24) is 9.97 Å². The fraction of sp³-hybridized carbons (Fsp3) is 0.267. The predicted molar refractivity (Wildman–Crippen MR) is 84.6 cm³/mol. The Labute approximate surface area is 132 Å². The Morgan fingerprint density at radius 2 is 2.14 bits per heavy atom. The molecule has 1 heterocycles. The van der Waals surface area contributed by atoms with Gasteiger partial charge in [0, 0.05) is 17.8 Å². The van der Waals surface area contributed by atoms with Crippen LogP contribution in [0.1, 0.15) is 23.3 Å². The quantitative estimate of drug-likeness (QED) is 0.886. The summed E-state index contributed by atoms with van der Waals surface area (Å²) >= 11 is 6.04. The van der Waals surface area contributed by atoms with E-state index >= 15 is 0 Å². The van der Waals surface area contributed by atoms with Crippen LogP contribution in [0, 0.1) is 0 Å². The van der Waals surface area contributed by atoms with Crippen LogP contribution >= 0.6 is 11.6 Å². The summed E-state index contributed by atoms with van der Waals surface area (Å²) in [5, 5.41) is 6.41. The molecule has 1 fully saturated rings. The molecule has 2 aromatic rings. The molecule has 1 aliphatic carbocycles. The van der Waals surface area contributed by atoms with Gasteiger partial charge in [0.1, 0.15) is 23.6 Å². The first-order valence-electron chi connectivity index (χ1n) is 6.89. The van der Waals surface area contributed by atoms with E-state index in [0.29, 0.717) is 34.0 Å². The molecule has 0 saturated heterocycles. The van der Waals surface area contributed by atoms with E-state index in [1.165, 1.54) is 13.4 Å². The van der Waals surface area contributed by atoms with E-state index < -0.39 is 0 Å². The van der Waals surface area contributed by atoms with E-state index in [1.54, 1.807) is 24.3 Å². The van der Waals surface area contributed by atoms with Crippen molar-refractivity contribution in [3.05, 3.63) is 41.3 Å². The Balaban J connectivity index is 1.72. The maximum atomic E-state index is 12.2. The number of nitrogens with one attached hydrogen (secondary N) is 2. The molecule has 1 saturated carbocycles. The van der Waals surface area contributed by atoms with Gasteiger partial charge in [-0.3, -0.25) is 4.79 Å². The average Bonchev–Trinajstić information content (AvgIpc) is 3.32. The molecule has 0 aliphatic heterocycles. The Kier molecular flexibility index (Phi) is 4.11. The maximum Gasteiger partial charge on any atom is 0.274 e. The zero-order valence-electron chi connectivity index (χ0n) is 12.0.